The summed E-state index contributed by atoms with van der Waals surface area (Å²) in [6, 6.07) is 8.19. The highest BCUT2D eigenvalue weighted by molar-refractivity contribution is 5.92. The van der Waals surface area contributed by atoms with E-state index in [1.807, 2.05) is 12.3 Å². The van der Waals surface area contributed by atoms with Gasteiger partial charge in [0.15, 0.2) is 0 Å². The van der Waals surface area contributed by atoms with Crippen LogP contribution in [-0.2, 0) is 6.42 Å². The van der Waals surface area contributed by atoms with E-state index >= 15 is 0 Å². The molecule has 1 amide bonds. The van der Waals surface area contributed by atoms with Crippen molar-refractivity contribution in [2.45, 2.75) is 57.9 Å². The summed E-state index contributed by atoms with van der Waals surface area (Å²) >= 11 is 0. The summed E-state index contributed by atoms with van der Waals surface area (Å²) in [7, 11) is 0. The predicted octanol–water partition coefficient (Wildman–Crippen LogP) is 3.90. The van der Waals surface area contributed by atoms with E-state index in [0.29, 0.717) is 11.6 Å². The summed E-state index contributed by atoms with van der Waals surface area (Å²) in [5.41, 5.74) is 7.50. The number of benzene rings is 1. The van der Waals surface area contributed by atoms with Crippen LogP contribution in [0.4, 0.5) is 0 Å². The van der Waals surface area contributed by atoms with E-state index < -0.39 is 0 Å². The van der Waals surface area contributed by atoms with Crippen LogP contribution in [-0.4, -0.2) is 25.9 Å². The van der Waals surface area contributed by atoms with Crippen LogP contribution >= 0.6 is 0 Å². The molecule has 2 aromatic heterocycles. The molecule has 0 saturated heterocycles. The van der Waals surface area contributed by atoms with Crippen molar-refractivity contribution < 1.29 is 4.79 Å². The van der Waals surface area contributed by atoms with E-state index in [4.69, 9.17) is 0 Å². The van der Waals surface area contributed by atoms with Gasteiger partial charge in [-0.15, -0.1) is 0 Å². The van der Waals surface area contributed by atoms with E-state index in [1.165, 1.54) is 29.7 Å². The van der Waals surface area contributed by atoms with Gasteiger partial charge in [0.2, 0.25) is 0 Å². The first kappa shape index (κ1) is 17.2. The summed E-state index contributed by atoms with van der Waals surface area (Å²) in [5.74, 6) is 0.451. The average molecular weight is 375 g/mol. The number of aromatic nitrogens is 4. The monoisotopic (exact) mass is 375 g/mol. The highest BCUT2D eigenvalue weighted by atomic mass is 16.2. The van der Waals surface area contributed by atoms with Crippen molar-refractivity contribution in [2.24, 2.45) is 0 Å². The lowest BCUT2D eigenvalue weighted by Gasteiger charge is -2.24. The highest BCUT2D eigenvalue weighted by Gasteiger charge is 2.29. The molecule has 0 bridgehead atoms. The molecule has 1 fully saturated rings. The molecule has 28 heavy (non-hydrogen) atoms. The average Bonchev–Trinajstić information content (AvgIpc) is 3.26. The van der Waals surface area contributed by atoms with Gasteiger partial charge in [-0.05, 0) is 69.2 Å². The first-order chi connectivity index (χ1) is 13.6. The third kappa shape index (κ3) is 2.93. The lowest BCUT2D eigenvalue weighted by molar-refractivity contribution is 0.0927. The van der Waals surface area contributed by atoms with Crippen molar-refractivity contribution in [3.05, 3.63) is 64.2 Å². The second-order valence-corrected chi connectivity index (χ2v) is 8.08. The van der Waals surface area contributed by atoms with Gasteiger partial charge >= 0.3 is 0 Å². The van der Waals surface area contributed by atoms with Crippen LogP contribution in [0.3, 0.4) is 0 Å². The molecule has 2 heterocycles. The Kier molecular flexibility index (Phi) is 4.07. The Morgan fingerprint density at radius 3 is 2.93 bits per heavy atom. The Balaban J connectivity index is 1.41. The Hall–Kier alpha value is -2.89. The van der Waals surface area contributed by atoms with Crippen LogP contribution in [0.2, 0.25) is 0 Å². The van der Waals surface area contributed by atoms with Gasteiger partial charge in [0, 0.05) is 22.9 Å². The number of amides is 1. The number of nitrogens with one attached hydrogen (secondary N) is 2. The minimum Gasteiger partial charge on any atom is -0.344 e. The SMILES string of the molecule is Cc1cccc(-n2ncc3c2CCC[C@@H]3NC(=O)c2cc(C3CC3)[nH]n2)c1C. The largest absolute Gasteiger partial charge is 0.344 e. The van der Waals surface area contributed by atoms with Gasteiger partial charge in [0.25, 0.3) is 5.91 Å². The first-order valence-corrected chi connectivity index (χ1v) is 10.1. The molecule has 1 saturated carbocycles. The second-order valence-electron chi connectivity index (χ2n) is 8.08. The van der Waals surface area contributed by atoms with Crippen molar-refractivity contribution in [2.75, 3.05) is 0 Å². The topological polar surface area (TPSA) is 75.6 Å². The molecule has 0 unspecified atom stereocenters. The number of H-pyrrole nitrogens is 1. The van der Waals surface area contributed by atoms with Gasteiger partial charge in [0.05, 0.1) is 17.9 Å². The normalized spacial score (nSPS) is 18.7. The molecule has 144 valence electrons. The van der Waals surface area contributed by atoms with Crippen LogP contribution < -0.4 is 5.32 Å². The molecule has 0 spiro atoms. The molecule has 0 aliphatic heterocycles. The lowest BCUT2D eigenvalue weighted by Crippen LogP contribution is -2.31. The zero-order valence-electron chi connectivity index (χ0n) is 16.3. The summed E-state index contributed by atoms with van der Waals surface area (Å²) in [6.45, 7) is 4.26. The van der Waals surface area contributed by atoms with Gasteiger partial charge in [-0.25, -0.2) is 4.68 Å². The maximum atomic E-state index is 12.7. The Labute approximate surface area is 164 Å². The third-order valence-electron chi connectivity index (χ3n) is 6.14. The van der Waals surface area contributed by atoms with Gasteiger partial charge in [-0.2, -0.15) is 10.2 Å². The third-order valence-corrected chi connectivity index (χ3v) is 6.14. The molecule has 0 radical (unpaired) electrons. The number of carbonyl (C=O) groups excluding carboxylic acids is 1. The fourth-order valence-electron chi connectivity index (χ4n) is 4.17. The van der Waals surface area contributed by atoms with E-state index in [1.54, 1.807) is 0 Å². The summed E-state index contributed by atoms with van der Waals surface area (Å²) < 4.78 is 2.05. The lowest BCUT2D eigenvalue weighted by atomic mass is 9.92. The van der Waals surface area contributed by atoms with Gasteiger partial charge < -0.3 is 5.32 Å². The molecule has 2 N–H and O–H groups in total. The molecule has 6 heteroatoms. The fraction of sp³-hybridized carbons (Fsp3) is 0.409. The molecule has 6 nitrogen and oxygen atoms in total. The molecule has 5 rings (SSSR count). The van der Waals surface area contributed by atoms with E-state index in [9.17, 15) is 4.79 Å². The number of rotatable bonds is 4. The number of aromatic amines is 1. The van der Waals surface area contributed by atoms with Crippen LogP contribution in [0.5, 0.6) is 0 Å². The smallest absolute Gasteiger partial charge is 0.272 e. The maximum absolute atomic E-state index is 12.7. The van der Waals surface area contributed by atoms with Crippen molar-refractivity contribution in [3.63, 3.8) is 0 Å². The Morgan fingerprint density at radius 1 is 1.25 bits per heavy atom. The van der Waals surface area contributed by atoms with E-state index in [-0.39, 0.29) is 11.9 Å². The first-order valence-electron chi connectivity index (χ1n) is 10.1. The highest BCUT2D eigenvalue weighted by Crippen LogP contribution is 2.39. The van der Waals surface area contributed by atoms with Crippen molar-refractivity contribution >= 4 is 5.91 Å². The molecular formula is C22H25N5O. The fourth-order valence-corrected chi connectivity index (χ4v) is 4.17. The standard InChI is InChI=1S/C22H25N5O/c1-13-5-3-7-20(14(13)2)27-21-8-4-6-17(16(21)12-23-27)24-22(28)19-11-18(25-26-19)15-9-10-15/h3,5,7,11-12,15,17H,4,6,8-10H2,1-2H3,(H,24,28)(H,25,26)/t17-/m0/s1. The van der Waals surface area contributed by atoms with Gasteiger partial charge in [-0.1, -0.05) is 12.1 Å². The van der Waals surface area contributed by atoms with Crippen molar-refractivity contribution in [1.29, 1.82) is 0 Å². The van der Waals surface area contributed by atoms with Crippen molar-refractivity contribution in [1.82, 2.24) is 25.3 Å². The molecular weight excluding hydrogens is 350 g/mol. The molecule has 1 atom stereocenters. The van der Waals surface area contributed by atoms with E-state index in [2.05, 4.69) is 57.3 Å². The number of aryl methyl sites for hydroxylation is 1. The second kappa shape index (κ2) is 6.62. The van der Waals surface area contributed by atoms with Crippen molar-refractivity contribution in [3.8, 4) is 5.69 Å². The van der Waals surface area contributed by atoms with Crippen LogP contribution in [0.15, 0.2) is 30.5 Å². The van der Waals surface area contributed by atoms with E-state index in [0.717, 1.165) is 36.2 Å². The van der Waals surface area contributed by atoms with Crippen LogP contribution in [0, 0.1) is 13.8 Å². The zero-order chi connectivity index (χ0) is 19.3. The van der Waals surface area contributed by atoms with Gasteiger partial charge in [-0.3, -0.25) is 9.89 Å². The Morgan fingerprint density at radius 2 is 2.11 bits per heavy atom. The number of hydrogen-bond donors (Lipinski definition) is 2. The number of nitrogens with zero attached hydrogens (tertiary/aromatic N) is 3. The predicted molar refractivity (Wildman–Crippen MR) is 107 cm³/mol. The molecule has 2 aliphatic rings. The number of hydrogen-bond acceptors (Lipinski definition) is 3. The number of fused-ring (bicyclic) bond motifs is 1. The van der Waals surface area contributed by atoms with Crippen LogP contribution in [0.25, 0.3) is 5.69 Å². The molecule has 3 aromatic rings. The minimum absolute atomic E-state index is 0.0174. The summed E-state index contributed by atoms with van der Waals surface area (Å²) in [5, 5.41) is 15.1. The zero-order valence-corrected chi connectivity index (χ0v) is 16.3. The van der Waals surface area contributed by atoms with Crippen LogP contribution in [0.1, 0.15) is 76.2 Å². The van der Waals surface area contributed by atoms with Gasteiger partial charge in [0.1, 0.15) is 5.69 Å². The Bertz CT molecular complexity index is 1040. The molecule has 2 aliphatic carbocycles. The maximum Gasteiger partial charge on any atom is 0.272 e. The minimum atomic E-state index is -0.111. The summed E-state index contributed by atoms with van der Waals surface area (Å²) in [6.07, 6.45) is 7.23. The molecule has 1 aromatic carbocycles. The number of carbonyl (C=O) groups is 1. The quantitative estimate of drug-likeness (QED) is 0.726. The summed E-state index contributed by atoms with van der Waals surface area (Å²) in [4.78, 5) is 12.7.